The topological polar surface area (TPSA) is 41.6 Å². The van der Waals surface area contributed by atoms with Crippen LogP contribution in [0.4, 0.5) is 13.2 Å². The Morgan fingerprint density at radius 2 is 1.68 bits per heavy atom. The summed E-state index contributed by atoms with van der Waals surface area (Å²) in [4.78, 5) is 3.94. The first-order chi connectivity index (χ1) is 10.4. The summed E-state index contributed by atoms with van der Waals surface area (Å²) >= 11 is 0. The molecule has 0 radical (unpaired) electrons. The molecule has 2 aromatic rings. The van der Waals surface area contributed by atoms with Crippen molar-refractivity contribution in [2.24, 2.45) is 0 Å². The van der Waals surface area contributed by atoms with E-state index in [1.54, 1.807) is 19.2 Å². The van der Waals surface area contributed by atoms with Crippen LogP contribution in [0.15, 0.2) is 30.7 Å². The molecule has 120 valence electrons. The molecule has 3 nitrogen and oxygen atoms in total. The Morgan fingerprint density at radius 1 is 1.09 bits per heavy atom. The second-order valence-electron chi connectivity index (χ2n) is 3.80. The minimum absolute atomic E-state index is 0.0359. The molecule has 0 fully saturated rings. The van der Waals surface area contributed by atoms with Crippen LogP contribution >= 0.6 is 0 Å². The molecule has 0 aliphatic heterocycles. The van der Waals surface area contributed by atoms with Gasteiger partial charge in [0.15, 0.2) is 0 Å². The number of halogens is 3. The fourth-order valence-corrected chi connectivity index (χ4v) is 1.55. The third-order valence-corrected chi connectivity index (χ3v) is 2.38. The lowest BCUT2D eigenvalue weighted by Crippen LogP contribution is -2.06. The van der Waals surface area contributed by atoms with Gasteiger partial charge >= 0.3 is 6.18 Å². The zero-order chi connectivity index (χ0) is 17.3. The first kappa shape index (κ1) is 19.7. The van der Waals surface area contributed by atoms with Crippen LogP contribution in [0.1, 0.15) is 44.5 Å². The quantitative estimate of drug-likeness (QED) is 0.733. The van der Waals surface area contributed by atoms with Crippen LogP contribution in [-0.4, -0.2) is 9.55 Å². The summed E-state index contributed by atoms with van der Waals surface area (Å²) in [5, 5.41) is 8.76. The van der Waals surface area contributed by atoms with Gasteiger partial charge in [-0.2, -0.15) is 18.4 Å². The van der Waals surface area contributed by atoms with E-state index in [1.165, 1.54) is 17.0 Å². The lowest BCUT2D eigenvalue weighted by atomic mass is 10.1. The summed E-state index contributed by atoms with van der Waals surface area (Å²) in [5.74, 6) is 0. The molecule has 0 amide bonds. The minimum Gasteiger partial charge on any atom is -0.306 e. The number of benzene rings is 1. The van der Waals surface area contributed by atoms with Gasteiger partial charge in [0.2, 0.25) is 0 Å². The van der Waals surface area contributed by atoms with Gasteiger partial charge in [-0.05, 0) is 25.1 Å². The Hall–Kier alpha value is -2.29. The van der Waals surface area contributed by atoms with Crippen molar-refractivity contribution in [3.63, 3.8) is 0 Å². The molecule has 1 aromatic heterocycles. The normalized spacial score (nSPS) is 9.77. The van der Waals surface area contributed by atoms with Crippen molar-refractivity contribution >= 4 is 0 Å². The highest BCUT2D eigenvalue weighted by atomic mass is 19.4. The number of hydrogen-bond acceptors (Lipinski definition) is 2. The standard InChI is InChI=1S/C12H8F3N3.2C2H6/c1-8-6-18(7-17-8)11-3-9(5-16)2-10(4-11)12(13,14)15;2*1-2/h2-4,6-7H,1H3;2*1-2H3. The summed E-state index contributed by atoms with van der Waals surface area (Å²) in [6, 6.07) is 4.92. The Morgan fingerprint density at radius 3 is 2.09 bits per heavy atom. The molecule has 0 atom stereocenters. The number of hydrogen-bond donors (Lipinski definition) is 0. The van der Waals surface area contributed by atoms with Crippen molar-refractivity contribution in [2.45, 2.75) is 40.8 Å². The van der Waals surface area contributed by atoms with Crippen molar-refractivity contribution in [1.29, 1.82) is 5.26 Å². The molecule has 1 heterocycles. The third-order valence-electron chi connectivity index (χ3n) is 2.38. The lowest BCUT2D eigenvalue weighted by molar-refractivity contribution is -0.137. The molecule has 0 N–H and O–H groups in total. The van der Waals surface area contributed by atoms with Gasteiger partial charge in [-0.25, -0.2) is 4.98 Å². The number of aryl methyl sites for hydroxylation is 1. The Kier molecular flexibility index (Phi) is 7.95. The Labute approximate surface area is 129 Å². The predicted octanol–water partition coefficient (Wildman–Crippen LogP) is 5.12. The number of rotatable bonds is 1. The minimum atomic E-state index is -4.47. The summed E-state index contributed by atoms with van der Waals surface area (Å²) in [6.07, 6.45) is -1.47. The summed E-state index contributed by atoms with van der Waals surface area (Å²) in [5.41, 5.74) is 0.0713. The van der Waals surface area contributed by atoms with E-state index in [2.05, 4.69) is 4.98 Å². The van der Waals surface area contributed by atoms with Crippen molar-refractivity contribution < 1.29 is 13.2 Å². The van der Waals surface area contributed by atoms with E-state index in [0.29, 0.717) is 5.69 Å². The second kappa shape index (κ2) is 8.88. The maximum absolute atomic E-state index is 12.7. The van der Waals surface area contributed by atoms with Gasteiger partial charge in [0.1, 0.15) is 0 Å². The Balaban J connectivity index is 0.00000102. The molecule has 0 aliphatic rings. The highest BCUT2D eigenvalue weighted by molar-refractivity contribution is 5.46. The van der Waals surface area contributed by atoms with Gasteiger partial charge in [-0.15, -0.1) is 0 Å². The summed E-state index contributed by atoms with van der Waals surface area (Å²) in [7, 11) is 0. The number of nitriles is 1. The van der Waals surface area contributed by atoms with E-state index in [-0.39, 0.29) is 11.3 Å². The number of alkyl halides is 3. The Bertz CT molecular complexity index is 622. The highest BCUT2D eigenvalue weighted by Gasteiger charge is 2.31. The third kappa shape index (κ3) is 5.24. The van der Waals surface area contributed by atoms with Crippen LogP contribution in [0, 0.1) is 18.3 Å². The first-order valence-electron chi connectivity index (χ1n) is 7.03. The molecule has 0 saturated carbocycles. The number of nitrogens with zero attached hydrogens (tertiary/aromatic N) is 3. The van der Waals surface area contributed by atoms with E-state index in [4.69, 9.17) is 5.26 Å². The van der Waals surface area contributed by atoms with Crippen LogP contribution in [0.25, 0.3) is 5.69 Å². The van der Waals surface area contributed by atoms with Gasteiger partial charge in [0, 0.05) is 11.9 Å². The molecular weight excluding hydrogens is 291 g/mol. The van der Waals surface area contributed by atoms with Crippen LogP contribution in [0.3, 0.4) is 0 Å². The van der Waals surface area contributed by atoms with Crippen LogP contribution in [-0.2, 0) is 6.18 Å². The monoisotopic (exact) mass is 311 g/mol. The maximum atomic E-state index is 12.7. The zero-order valence-corrected chi connectivity index (χ0v) is 13.4. The van der Waals surface area contributed by atoms with Gasteiger partial charge in [0.05, 0.1) is 29.2 Å². The van der Waals surface area contributed by atoms with Gasteiger partial charge in [0.25, 0.3) is 0 Å². The van der Waals surface area contributed by atoms with E-state index < -0.39 is 11.7 Å². The molecule has 0 unspecified atom stereocenters. The van der Waals surface area contributed by atoms with E-state index >= 15 is 0 Å². The second-order valence-corrected chi connectivity index (χ2v) is 3.80. The zero-order valence-electron chi connectivity index (χ0n) is 13.4. The molecule has 1 aromatic carbocycles. The SMILES string of the molecule is CC.CC.Cc1cn(-c2cc(C#N)cc(C(F)(F)F)c2)cn1. The molecule has 0 spiro atoms. The molecule has 0 aliphatic carbocycles. The van der Waals surface area contributed by atoms with Gasteiger partial charge < -0.3 is 4.57 Å². The fraction of sp³-hybridized carbons (Fsp3) is 0.375. The molecular formula is C16H20F3N3. The van der Waals surface area contributed by atoms with E-state index in [0.717, 1.165) is 12.1 Å². The molecule has 22 heavy (non-hydrogen) atoms. The maximum Gasteiger partial charge on any atom is 0.416 e. The van der Waals surface area contributed by atoms with Gasteiger partial charge in [-0.3, -0.25) is 0 Å². The fourth-order valence-electron chi connectivity index (χ4n) is 1.55. The van der Waals surface area contributed by atoms with Crippen molar-refractivity contribution in [3.8, 4) is 11.8 Å². The predicted molar refractivity (Wildman–Crippen MR) is 80.7 cm³/mol. The first-order valence-corrected chi connectivity index (χ1v) is 7.03. The van der Waals surface area contributed by atoms with Crippen molar-refractivity contribution in [1.82, 2.24) is 9.55 Å². The smallest absolute Gasteiger partial charge is 0.306 e. The lowest BCUT2D eigenvalue weighted by Gasteiger charge is -2.10. The van der Waals surface area contributed by atoms with E-state index in [1.807, 2.05) is 27.7 Å². The molecule has 0 saturated heterocycles. The number of imidazole rings is 1. The average molecular weight is 311 g/mol. The summed E-state index contributed by atoms with van der Waals surface area (Å²) < 4.78 is 39.5. The van der Waals surface area contributed by atoms with Crippen molar-refractivity contribution in [2.75, 3.05) is 0 Å². The molecule has 6 heteroatoms. The molecule has 0 bridgehead atoms. The average Bonchev–Trinajstić information content (AvgIpc) is 2.96. The molecule has 2 rings (SSSR count). The van der Waals surface area contributed by atoms with Crippen LogP contribution in [0.5, 0.6) is 0 Å². The van der Waals surface area contributed by atoms with Crippen LogP contribution < -0.4 is 0 Å². The largest absolute Gasteiger partial charge is 0.416 e. The van der Waals surface area contributed by atoms with E-state index in [9.17, 15) is 13.2 Å². The van der Waals surface area contributed by atoms with Gasteiger partial charge in [-0.1, -0.05) is 27.7 Å². The number of aromatic nitrogens is 2. The summed E-state index contributed by atoms with van der Waals surface area (Å²) in [6.45, 7) is 9.73. The highest BCUT2D eigenvalue weighted by Crippen LogP contribution is 2.31. The van der Waals surface area contributed by atoms with Crippen LogP contribution in [0.2, 0.25) is 0 Å². The van der Waals surface area contributed by atoms with Crippen molar-refractivity contribution in [3.05, 3.63) is 47.5 Å².